The second-order valence-corrected chi connectivity index (χ2v) is 8.61. The van der Waals surface area contributed by atoms with Gasteiger partial charge in [-0.05, 0) is 31.7 Å². The summed E-state index contributed by atoms with van der Waals surface area (Å²) in [6.07, 6.45) is 1.82. The number of hydrogen-bond acceptors (Lipinski definition) is 4. The number of alkyl halides is 4. The number of halogens is 4. The Labute approximate surface area is 172 Å². The van der Waals surface area contributed by atoms with Crippen LogP contribution in [0.25, 0.3) is 0 Å². The highest BCUT2D eigenvalue weighted by molar-refractivity contribution is 6.09. The Morgan fingerprint density at radius 2 is 1.67 bits per heavy atom. The lowest BCUT2D eigenvalue weighted by Crippen LogP contribution is -2.67. The third-order valence-electron chi connectivity index (χ3n) is 6.15. The summed E-state index contributed by atoms with van der Waals surface area (Å²) in [4.78, 5) is 9.17. The van der Waals surface area contributed by atoms with Gasteiger partial charge in [0.2, 0.25) is 11.8 Å². The number of hydrogen-bond donors (Lipinski definition) is 3. The summed E-state index contributed by atoms with van der Waals surface area (Å²) in [5, 5.41) is 10.5. The van der Waals surface area contributed by atoms with E-state index in [2.05, 4.69) is 25.7 Å². The quantitative estimate of drug-likeness (QED) is 0.645. The van der Waals surface area contributed by atoms with Crippen molar-refractivity contribution in [2.75, 3.05) is 0 Å². The van der Waals surface area contributed by atoms with Gasteiger partial charge in [-0.2, -0.15) is 5.10 Å². The van der Waals surface area contributed by atoms with Gasteiger partial charge in [-0.15, -0.1) is 0 Å². The highest BCUT2D eigenvalue weighted by Crippen LogP contribution is 2.40. The molecule has 11 heteroatoms. The molecule has 0 amide bonds. The molecule has 1 atom stereocenters. The first-order valence-corrected chi connectivity index (χ1v) is 10.3. The Hall–Kier alpha value is -2.17. The van der Waals surface area contributed by atoms with Gasteiger partial charge in [0.15, 0.2) is 17.6 Å². The molecule has 1 unspecified atom stereocenters. The van der Waals surface area contributed by atoms with Crippen molar-refractivity contribution in [3.8, 4) is 0 Å². The average Bonchev–Trinajstić information content (AvgIpc) is 3.09. The predicted molar refractivity (Wildman–Crippen MR) is 104 cm³/mol. The molecule has 7 nitrogen and oxygen atoms in total. The lowest BCUT2D eigenvalue weighted by atomic mass is 9.82. The van der Waals surface area contributed by atoms with Crippen molar-refractivity contribution in [3.05, 3.63) is 18.0 Å². The van der Waals surface area contributed by atoms with E-state index in [9.17, 15) is 17.6 Å². The van der Waals surface area contributed by atoms with Gasteiger partial charge < -0.3 is 10.6 Å². The zero-order chi connectivity index (χ0) is 21.6. The number of guanidine groups is 1. The van der Waals surface area contributed by atoms with Crippen molar-refractivity contribution < 1.29 is 17.6 Å². The van der Waals surface area contributed by atoms with Crippen LogP contribution in [-0.2, 0) is 7.05 Å². The standard InChI is InChI=1S/C19H27F4N7/c1-30-11-6-14(29-30)15-26-16(25-13-4-9-18(22,23)10-5-13)28-19(24,27-15)12-2-7-17(20,21)8-3-12/h6,11-13H,2-5,7-10,24H2,1H3,(H2,25,26,27,28). The molecule has 30 heavy (non-hydrogen) atoms. The number of nitrogens with two attached hydrogens (primary N) is 1. The Balaban J connectivity index is 1.59. The smallest absolute Gasteiger partial charge is 0.248 e. The zero-order valence-electron chi connectivity index (χ0n) is 16.8. The molecule has 0 bridgehead atoms. The second kappa shape index (κ2) is 7.51. The summed E-state index contributed by atoms with van der Waals surface area (Å²) in [7, 11) is 1.77. The van der Waals surface area contributed by atoms with Gasteiger partial charge in [-0.1, -0.05) is 0 Å². The molecule has 1 aromatic heterocycles. The van der Waals surface area contributed by atoms with Crippen LogP contribution in [0.1, 0.15) is 57.1 Å². The molecule has 2 fully saturated rings. The monoisotopic (exact) mass is 429 g/mol. The maximum Gasteiger partial charge on any atom is 0.248 e. The van der Waals surface area contributed by atoms with Gasteiger partial charge >= 0.3 is 0 Å². The highest BCUT2D eigenvalue weighted by Gasteiger charge is 2.46. The van der Waals surface area contributed by atoms with E-state index in [0.717, 1.165) is 0 Å². The lowest BCUT2D eigenvalue weighted by Gasteiger charge is -2.42. The Morgan fingerprint density at radius 3 is 2.23 bits per heavy atom. The van der Waals surface area contributed by atoms with Crippen molar-refractivity contribution in [2.45, 2.75) is 75.0 Å². The van der Waals surface area contributed by atoms with E-state index in [1.165, 1.54) is 0 Å². The van der Waals surface area contributed by atoms with Crippen LogP contribution in [0.4, 0.5) is 17.6 Å². The van der Waals surface area contributed by atoms with E-state index in [1.807, 2.05) is 0 Å². The molecule has 0 spiro atoms. The summed E-state index contributed by atoms with van der Waals surface area (Å²) >= 11 is 0. The van der Waals surface area contributed by atoms with Crippen LogP contribution < -0.4 is 16.4 Å². The molecular formula is C19H27F4N7. The summed E-state index contributed by atoms with van der Waals surface area (Å²) < 4.78 is 55.9. The van der Waals surface area contributed by atoms with Gasteiger partial charge in [0, 0.05) is 44.8 Å². The third-order valence-corrected chi connectivity index (χ3v) is 6.15. The molecule has 4 N–H and O–H groups in total. The molecule has 2 saturated carbocycles. The fraction of sp³-hybridized carbons (Fsp3) is 0.737. The largest absolute Gasteiger partial charge is 0.319 e. The molecule has 4 rings (SSSR count). The van der Waals surface area contributed by atoms with Crippen molar-refractivity contribution >= 4 is 11.8 Å². The van der Waals surface area contributed by atoms with E-state index >= 15 is 0 Å². The summed E-state index contributed by atoms with van der Waals surface area (Å²) in [6, 6.07) is 1.48. The van der Waals surface area contributed by atoms with E-state index in [-0.39, 0.29) is 63.3 Å². The molecule has 0 radical (unpaired) electrons. The van der Waals surface area contributed by atoms with E-state index in [4.69, 9.17) is 5.73 Å². The number of aromatic nitrogens is 2. The van der Waals surface area contributed by atoms with Crippen LogP contribution in [0.2, 0.25) is 0 Å². The van der Waals surface area contributed by atoms with Crippen LogP contribution in [0.3, 0.4) is 0 Å². The van der Waals surface area contributed by atoms with Crippen molar-refractivity contribution in [2.24, 2.45) is 28.7 Å². The van der Waals surface area contributed by atoms with E-state index in [0.29, 0.717) is 17.5 Å². The third kappa shape index (κ3) is 4.60. The van der Waals surface area contributed by atoms with E-state index < -0.39 is 17.6 Å². The van der Waals surface area contributed by atoms with E-state index in [1.54, 1.807) is 24.0 Å². The molecule has 3 aliphatic rings. The molecule has 0 aromatic carbocycles. The number of nitrogens with one attached hydrogen (secondary N) is 2. The predicted octanol–water partition coefficient (Wildman–Crippen LogP) is 2.73. The van der Waals surface area contributed by atoms with Gasteiger partial charge in [0.1, 0.15) is 5.69 Å². The van der Waals surface area contributed by atoms with Crippen molar-refractivity contribution in [1.82, 2.24) is 20.4 Å². The molecular weight excluding hydrogens is 402 g/mol. The topological polar surface area (TPSA) is 92.6 Å². The Morgan fingerprint density at radius 1 is 1.07 bits per heavy atom. The average molecular weight is 429 g/mol. The summed E-state index contributed by atoms with van der Waals surface area (Å²) in [5.41, 5.74) is 7.12. The summed E-state index contributed by atoms with van der Waals surface area (Å²) in [6.45, 7) is 0. The van der Waals surface area contributed by atoms with Gasteiger partial charge in [0.05, 0.1) is 6.04 Å². The normalized spacial score (nSPS) is 31.1. The Kier molecular flexibility index (Phi) is 5.27. The summed E-state index contributed by atoms with van der Waals surface area (Å²) in [5.74, 6) is -6.27. The number of aliphatic imine (C=N–C) groups is 2. The number of rotatable bonds is 3. The molecule has 166 valence electrons. The number of amidine groups is 1. The maximum atomic E-state index is 13.7. The fourth-order valence-electron chi connectivity index (χ4n) is 4.31. The molecule has 1 aliphatic heterocycles. The highest BCUT2D eigenvalue weighted by atomic mass is 19.3. The molecule has 1 aromatic rings. The zero-order valence-corrected chi connectivity index (χ0v) is 16.8. The van der Waals surface area contributed by atoms with Crippen LogP contribution in [0.5, 0.6) is 0 Å². The van der Waals surface area contributed by atoms with Crippen molar-refractivity contribution in [3.63, 3.8) is 0 Å². The fourth-order valence-corrected chi connectivity index (χ4v) is 4.31. The second-order valence-electron chi connectivity index (χ2n) is 8.61. The lowest BCUT2D eigenvalue weighted by molar-refractivity contribution is -0.0554. The first kappa shape index (κ1) is 21.1. The minimum absolute atomic E-state index is 0.207. The number of nitrogens with zero attached hydrogens (tertiary/aromatic N) is 4. The minimum Gasteiger partial charge on any atom is -0.319 e. The van der Waals surface area contributed by atoms with Crippen LogP contribution in [-0.4, -0.2) is 45.2 Å². The Bertz CT molecular complexity index is 830. The number of aryl methyl sites for hydroxylation is 1. The van der Waals surface area contributed by atoms with Gasteiger partial charge in [-0.25, -0.2) is 27.5 Å². The molecule has 0 saturated heterocycles. The van der Waals surface area contributed by atoms with Crippen LogP contribution in [0, 0.1) is 5.92 Å². The molecule has 2 heterocycles. The SMILES string of the molecule is Cn1ccc(C2=NC(N)(C3CCC(F)(F)CC3)NC(=NC3CCC(F)(F)CC3)N2)n1. The van der Waals surface area contributed by atoms with Gasteiger partial charge in [-0.3, -0.25) is 10.4 Å². The first-order valence-electron chi connectivity index (χ1n) is 10.3. The first-order chi connectivity index (χ1) is 14.0. The maximum absolute atomic E-state index is 13.7. The minimum atomic E-state index is -2.68. The van der Waals surface area contributed by atoms with Crippen LogP contribution >= 0.6 is 0 Å². The van der Waals surface area contributed by atoms with Crippen LogP contribution in [0.15, 0.2) is 22.2 Å². The van der Waals surface area contributed by atoms with Gasteiger partial charge in [0.25, 0.3) is 0 Å². The van der Waals surface area contributed by atoms with Crippen molar-refractivity contribution in [1.29, 1.82) is 0 Å². The molecule has 2 aliphatic carbocycles.